The number of hydrogen-bond donors (Lipinski definition) is 1. The molecule has 0 bridgehead atoms. The molecule has 108 valence electrons. The highest BCUT2D eigenvalue weighted by molar-refractivity contribution is 4.96. The fourth-order valence-corrected chi connectivity index (χ4v) is 1.90. The molecule has 18 heavy (non-hydrogen) atoms. The number of rotatable bonds is 12. The first kappa shape index (κ1) is 17.5. The van der Waals surface area contributed by atoms with Crippen molar-refractivity contribution in [3.8, 4) is 0 Å². The molecular formula is C16H32O2. The van der Waals surface area contributed by atoms with Gasteiger partial charge in [0, 0.05) is 6.42 Å². The Hall–Kier alpha value is -0.500. The van der Waals surface area contributed by atoms with E-state index in [9.17, 15) is 5.11 Å². The van der Waals surface area contributed by atoms with E-state index in [0.29, 0.717) is 0 Å². The van der Waals surface area contributed by atoms with E-state index in [2.05, 4.69) is 13.8 Å². The van der Waals surface area contributed by atoms with Crippen LogP contribution in [0.1, 0.15) is 78.6 Å². The molecule has 0 aromatic rings. The smallest absolute Gasteiger partial charge is 0.0945 e. The summed E-state index contributed by atoms with van der Waals surface area (Å²) < 4.78 is 5.72. The zero-order valence-corrected chi connectivity index (χ0v) is 12.6. The third kappa shape index (κ3) is 12.0. The van der Waals surface area contributed by atoms with Crippen LogP contribution in [-0.2, 0) is 4.74 Å². The number of allylic oxidation sites excluding steroid dienone is 1. The predicted molar refractivity (Wildman–Crippen MR) is 78.6 cm³/mol. The first-order chi connectivity index (χ1) is 8.70. The molecule has 0 aromatic heterocycles. The molecule has 1 unspecified atom stereocenters. The van der Waals surface area contributed by atoms with Crippen LogP contribution in [0.15, 0.2) is 11.8 Å². The van der Waals surface area contributed by atoms with Crippen molar-refractivity contribution >= 4 is 0 Å². The molecule has 0 aliphatic carbocycles. The summed E-state index contributed by atoms with van der Waals surface area (Å²) in [6.45, 7) is 6.97. The van der Waals surface area contributed by atoms with Crippen LogP contribution in [0, 0.1) is 0 Å². The maximum Gasteiger partial charge on any atom is 0.0945 e. The number of aliphatic hydroxyl groups excluding tert-OH is 1. The summed E-state index contributed by atoms with van der Waals surface area (Å²) in [4.78, 5) is 0. The van der Waals surface area contributed by atoms with Crippen LogP contribution in [0.2, 0.25) is 0 Å². The van der Waals surface area contributed by atoms with Gasteiger partial charge in [0.2, 0.25) is 0 Å². The maximum atomic E-state index is 9.40. The average Bonchev–Trinajstić information content (AvgIpc) is 2.33. The number of unbranched alkanes of at least 4 members (excludes halogenated alkanes) is 6. The monoisotopic (exact) mass is 256 g/mol. The third-order valence-electron chi connectivity index (χ3n) is 2.99. The van der Waals surface area contributed by atoms with Crippen LogP contribution in [0.3, 0.4) is 0 Å². The van der Waals surface area contributed by atoms with Crippen molar-refractivity contribution in [1.29, 1.82) is 0 Å². The molecule has 2 heteroatoms. The standard InChI is InChI=1S/C16H32O2/c1-4-6-8-9-10-11-12-16(14-15(3)17)18-13-7-5-2/h14-15,17H,4-13H2,1-3H3. The Bertz CT molecular complexity index is 197. The van der Waals surface area contributed by atoms with Gasteiger partial charge in [-0.1, -0.05) is 52.4 Å². The number of ether oxygens (including phenoxy) is 1. The van der Waals surface area contributed by atoms with Crippen molar-refractivity contribution in [2.45, 2.75) is 84.7 Å². The van der Waals surface area contributed by atoms with Gasteiger partial charge in [-0.05, 0) is 25.8 Å². The molecule has 2 nitrogen and oxygen atoms in total. The van der Waals surface area contributed by atoms with Crippen molar-refractivity contribution in [2.24, 2.45) is 0 Å². The van der Waals surface area contributed by atoms with Crippen LogP contribution in [0.4, 0.5) is 0 Å². The molecule has 0 spiro atoms. The summed E-state index contributed by atoms with van der Waals surface area (Å²) in [5.41, 5.74) is 0. The summed E-state index contributed by atoms with van der Waals surface area (Å²) in [6.07, 6.45) is 12.4. The van der Waals surface area contributed by atoms with Crippen LogP contribution in [0.5, 0.6) is 0 Å². The molecule has 0 heterocycles. The second-order valence-electron chi connectivity index (χ2n) is 5.09. The van der Waals surface area contributed by atoms with Crippen molar-refractivity contribution in [2.75, 3.05) is 6.61 Å². The topological polar surface area (TPSA) is 29.5 Å². The average molecular weight is 256 g/mol. The molecule has 0 aliphatic rings. The summed E-state index contributed by atoms with van der Waals surface area (Å²) >= 11 is 0. The lowest BCUT2D eigenvalue weighted by Crippen LogP contribution is -2.01. The van der Waals surface area contributed by atoms with E-state index in [1.54, 1.807) is 6.92 Å². The summed E-state index contributed by atoms with van der Waals surface area (Å²) in [7, 11) is 0. The Kier molecular flexibility index (Phi) is 12.6. The highest BCUT2D eigenvalue weighted by Gasteiger charge is 2.01. The fourth-order valence-electron chi connectivity index (χ4n) is 1.90. The van der Waals surface area contributed by atoms with Gasteiger partial charge in [0.15, 0.2) is 0 Å². The Labute approximate surface area is 113 Å². The van der Waals surface area contributed by atoms with Crippen molar-refractivity contribution in [1.82, 2.24) is 0 Å². The summed E-state index contributed by atoms with van der Waals surface area (Å²) in [5.74, 6) is 0.981. The van der Waals surface area contributed by atoms with E-state index >= 15 is 0 Å². The highest BCUT2D eigenvalue weighted by Crippen LogP contribution is 2.14. The van der Waals surface area contributed by atoms with E-state index in [4.69, 9.17) is 4.74 Å². The second kappa shape index (κ2) is 12.9. The van der Waals surface area contributed by atoms with Crippen LogP contribution in [0.25, 0.3) is 0 Å². The van der Waals surface area contributed by atoms with E-state index in [-0.39, 0.29) is 0 Å². The van der Waals surface area contributed by atoms with Crippen molar-refractivity contribution in [3.05, 3.63) is 11.8 Å². The van der Waals surface area contributed by atoms with Crippen LogP contribution >= 0.6 is 0 Å². The molecule has 0 saturated carbocycles. The molecule has 0 rings (SSSR count). The molecule has 0 amide bonds. The minimum Gasteiger partial charge on any atom is -0.498 e. The minimum atomic E-state index is -0.401. The van der Waals surface area contributed by atoms with Gasteiger partial charge in [0.25, 0.3) is 0 Å². The quantitative estimate of drug-likeness (QED) is 0.401. The van der Waals surface area contributed by atoms with Crippen LogP contribution in [-0.4, -0.2) is 17.8 Å². The van der Waals surface area contributed by atoms with E-state index in [0.717, 1.165) is 31.6 Å². The summed E-state index contributed by atoms with van der Waals surface area (Å²) in [6, 6.07) is 0. The Morgan fingerprint density at radius 1 is 1.00 bits per heavy atom. The lowest BCUT2D eigenvalue weighted by molar-refractivity contribution is 0.181. The zero-order valence-electron chi connectivity index (χ0n) is 12.6. The van der Waals surface area contributed by atoms with Gasteiger partial charge in [0.1, 0.15) is 0 Å². The van der Waals surface area contributed by atoms with Gasteiger partial charge in [0.05, 0.1) is 18.5 Å². The maximum absolute atomic E-state index is 9.40. The van der Waals surface area contributed by atoms with E-state index < -0.39 is 6.10 Å². The molecule has 0 aliphatic heterocycles. The van der Waals surface area contributed by atoms with Gasteiger partial charge in [-0.15, -0.1) is 0 Å². The first-order valence-corrected chi connectivity index (χ1v) is 7.72. The fraction of sp³-hybridized carbons (Fsp3) is 0.875. The van der Waals surface area contributed by atoms with Gasteiger partial charge >= 0.3 is 0 Å². The molecule has 1 N–H and O–H groups in total. The Morgan fingerprint density at radius 2 is 1.61 bits per heavy atom. The molecule has 1 atom stereocenters. The molecule has 0 radical (unpaired) electrons. The van der Waals surface area contributed by atoms with Crippen LogP contribution < -0.4 is 0 Å². The zero-order chi connectivity index (χ0) is 13.6. The predicted octanol–water partition coefficient (Wildman–Crippen LogP) is 4.82. The largest absolute Gasteiger partial charge is 0.498 e. The molecule has 0 saturated heterocycles. The SMILES string of the molecule is CCCCCCCCC(=CC(C)O)OCCCC. The molecule has 0 aromatic carbocycles. The highest BCUT2D eigenvalue weighted by atomic mass is 16.5. The van der Waals surface area contributed by atoms with Gasteiger partial charge in [-0.25, -0.2) is 0 Å². The third-order valence-corrected chi connectivity index (χ3v) is 2.99. The summed E-state index contributed by atoms with van der Waals surface area (Å²) in [5, 5.41) is 9.40. The lowest BCUT2D eigenvalue weighted by Gasteiger charge is -2.11. The van der Waals surface area contributed by atoms with Gasteiger partial charge in [-0.3, -0.25) is 0 Å². The van der Waals surface area contributed by atoms with E-state index in [1.807, 2.05) is 6.08 Å². The normalized spacial score (nSPS) is 13.7. The first-order valence-electron chi connectivity index (χ1n) is 7.72. The van der Waals surface area contributed by atoms with Crippen molar-refractivity contribution < 1.29 is 9.84 Å². The lowest BCUT2D eigenvalue weighted by atomic mass is 10.1. The number of hydrogen-bond acceptors (Lipinski definition) is 2. The van der Waals surface area contributed by atoms with Gasteiger partial charge in [-0.2, -0.15) is 0 Å². The van der Waals surface area contributed by atoms with Crippen molar-refractivity contribution in [3.63, 3.8) is 0 Å². The molecule has 0 fully saturated rings. The number of aliphatic hydroxyl groups is 1. The Balaban J connectivity index is 3.73. The van der Waals surface area contributed by atoms with E-state index in [1.165, 1.54) is 38.5 Å². The minimum absolute atomic E-state index is 0.401. The van der Waals surface area contributed by atoms with Gasteiger partial charge < -0.3 is 9.84 Å². The molecular weight excluding hydrogens is 224 g/mol. The second-order valence-corrected chi connectivity index (χ2v) is 5.09. The Morgan fingerprint density at radius 3 is 2.22 bits per heavy atom.